The van der Waals surface area contributed by atoms with Gasteiger partial charge in [-0.15, -0.1) is 0 Å². The Morgan fingerprint density at radius 3 is 2.58 bits per heavy atom. The zero-order valence-corrected chi connectivity index (χ0v) is 14.3. The third kappa shape index (κ3) is 2.28. The maximum absolute atomic E-state index is 6.10. The van der Waals surface area contributed by atoms with Crippen molar-refractivity contribution < 1.29 is 4.42 Å². The largest absolute Gasteiger partial charge is 0.437 e. The molecule has 0 amide bonds. The van der Waals surface area contributed by atoms with Gasteiger partial charge in [-0.3, -0.25) is 4.98 Å². The van der Waals surface area contributed by atoms with E-state index in [9.17, 15) is 0 Å². The molecule has 0 spiro atoms. The number of aryl methyl sites for hydroxylation is 3. The van der Waals surface area contributed by atoms with Crippen LogP contribution in [0.2, 0.25) is 0 Å². The molecular formula is C21H20N2O. The number of fused-ring (bicyclic) bond motifs is 3. The van der Waals surface area contributed by atoms with Crippen LogP contribution in [0.1, 0.15) is 30.7 Å². The second kappa shape index (κ2) is 5.75. The smallest absolute Gasteiger partial charge is 0.227 e. The van der Waals surface area contributed by atoms with Crippen molar-refractivity contribution in [3.05, 3.63) is 59.4 Å². The van der Waals surface area contributed by atoms with Gasteiger partial charge in [0.1, 0.15) is 5.58 Å². The molecule has 4 aromatic rings. The third-order valence-electron chi connectivity index (χ3n) is 4.62. The Kier molecular flexibility index (Phi) is 3.57. The van der Waals surface area contributed by atoms with Crippen LogP contribution in [-0.4, -0.2) is 9.97 Å². The first-order valence-corrected chi connectivity index (χ1v) is 8.48. The highest BCUT2D eigenvalue weighted by Gasteiger charge is 2.14. The zero-order chi connectivity index (χ0) is 16.7. The lowest BCUT2D eigenvalue weighted by Gasteiger charge is -2.08. The van der Waals surface area contributed by atoms with Gasteiger partial charge in [0.05, 0.1) is 5.69 Å². The predicted octanol–water partition coefficient (Wildman–Crippen LogP) is 5.48. The van der Waals surface area contributed by atoms with Crippen LogP contribution >= 0.6 is 0 Å². The fourth-order valence-electron chi connectivity index (χ4n) is 3.29. The Balaban J connectivity index is 1.98. The van der Waals surface area contributed by atoms with Gasteiger partial charge in [0, 0.05) is 28.2 Å². The molecule has 0 radical (unpaired) electrons. The van der Waals surface area contributed by atoms with Crippen molar-refractivity contribution in [2.45, 2.75) is 33.6 Å². The Labute approximate surface area is 141 Å². The highest BCUT2D eigenvalue weighted by molar-refractivity contribution is 6.08. The molecular weight excluding hydrogens is 296 g/mol. The summed E-state index contributed by atoms with van der Waals surface area (Å²) in [5.74, 6) is 0. The van der Waals surface area contributed by atoms with Crippen molar-refractivity contribution in [3.8, 4) is 11.3 Å². The first-order chi connectivity index (χ1) is 11.7. The van der Waals surface area contributed by atoms with Crippen LogP contribution in [0, 0.1) is 6.92 Å². The average molecular weight is 316 g/mol. The molecule has 0 fully saturated rings. The second-order valence-electron chi connectivity index (χ2n) is 6.14. The lowest BCUT2D eigenvalue weighted by atomic mass is 10.0. The molecule has 0 N–H and O–H groups in total. The molecule has 0 bridgehead atoms. The molecule has 0 saturated carbocycles. The van der Waals surface area contributed by atoms with Crippen LogP contribution < -0.4 is 0 Å². The summed E-state index contributed by atoms with van der Waals surface area (Å²) >= 11 is 0. The molecule has 3 heteroatoms. The van der Waals surface area contributed by atoms with E-state index in [0.29, 0.717) is 5.71 Å². The first kappa shape index (κ1) is 14.9. The average Bonchev–Trinajstić information content (AvgIpc) is 2.98. The van der Waals surface area contributed by atoms with Crippen LogP contribution in [0.3, 0.4) is 0 Å². The van der Waals surface area contributed by atoms with Gasteiger partial charge in [-0.25, -0.2) is 4.98 Å². The molecule has 4 rings (SSSR count). The molecule has 0 aliphatic carbocycles. The van der Waals surface area contributed by atoms with Crippen LogP contribution in [0.15, 0.2) is 47.0 Å². The van der Waals surface area contributed by atoms with Gasteiger partial charge in [0.25, 0.3) is 0 Å². The minimum Gasteiger partial charge on any atom is -0.437 e. The number of para-hydroxylation sites is 1. The maximum Gasteiger partial charge on any atom is 0.227 e. The summed E-state index contributed by atoms with van der Waals surface area (Å²) in [5.41, 5.74) is 7.18. The molecule has 3 aromatic heterocycles. The number of furan rings is 1. The highest BCUT2D eigenvalue weighted by Crippen LogP contribution is 2.34. The minimum atomic E-state index is 0.693. The van der Waals surface area contributed by atoms with Crippen molar-refractivity contribution in [3.63, 3.8) is 0 Å². The Hall–Kier alpha value is -2.68. The molecule has 1 aromatic carbocycles. The van der Waals surface area contributed by atoms with Crippen molar-refractivity contribution in [1.82, 2.24) is 9.97 Å². The lowest BCUT2D eigenvalue weighted by molar-refractivity contribution is 0.653. The molecule has 0 atom stereocenters. The number of nitrogens with zero attached hydrogens (tertiary/aromatic N) is 2. The summed E-state index contributed by atoms with van der Waals surface area (Å²) in [6, 6.07) is 12.5. The summed E-state index contributed by atoms with van der Waals surface area (Å²) in [6.07, 6.45) is 4.02. The van der Waals surface area contributed by atoms with Crippen molar-refractivity contribution in [1.29, 1.82) is 0 Å². The summed E-state index contributed by atoms with van der Waals surface area (Å²) in [5, 5.41) is 2.15. The van der Waals surface area contributed by atoms with Gasteiger partial charge in [-0.2, -0.15) is 0 Å². The number of aromatic nitrogens is 2. The van der Waals surface area contributed by atoms with Gasteiger partial charge in [-0.05, 0) is 55.2 Å². The normalized spacial score (nSPS) is 11.5. The highest BCUT2D eigenvalue weighted by atomic mass is 16.3. The summed E-state index contributed by atoms with van der Waals surface area (Å²) in [4.78, 5) is 9.21. The SMILES string of the molecule is CCc1cnc(-c2cccc3c2oc2nc(C)ccc23)cc1CC. The molecule has 3 nitrogen and oxygen atoms in total. The quantitative estimate of drug-likeness (QED) is 0.502. The number of rotatable bonds is 3. The Morgan fingerprint density at radius 1 is 0.958 bits per heavy atom. The van der Waals surface area contributed by atoms with E-state index in [0.717, 1.165) is 46.1 Å². The summed E-state index contributed by atoms with van der Waals surface area (Å²) < 4.78 is 6.10. The Bertz CT molecular complexity index is 1050. The maximum atomic E-state index is 6.10. The second-order valence-corrected chi connectivity index (χ2v) is 6.14. The number of hydrogen-bond acceptors (Lipinski definition) is 3. The molecule has 24 heavy (non-hydrogen) atoms. The first-order valence-electron chi connectivity index (χ1n) is 8.48. The van der Waals surface area contributed by atoms with Crippen molar-refractivity contribution in [2.24, 2.45) is 0 Å². The van der Waals surface area contributed by atoms with Gasteiger partial charge < -0.3 is 4.42 Å². The van der Waals surface area contributed by atoms with Crippen LogP contribution in [-0.2, 0) is 12.8 Å². The predicted molar refractivity (Wildman–Crippen MR) is 98.2 cm³/mol. The van der Waals surface area contributed by atoms with Gasteiger partial charge in [-0.1, -0.05) is 26.0 Å². The minimum absolute atomic E-state index is 0.693. The van der Waals surface area contributed by atoms with E-state index in [1.54, 1.807) is 0 Å². The van der Waals surface area contributed by atoms with Gasteiger partial charge >= 0.3 is 0 Å². The monoisotopic (exact) mass is 316 g/mol. The lowest BCUT2D eigenvalue weighted by Crippen LogP contribution is -1.95. The number of benzene rings is 1. The summed E-state index contributed by atoms with van der Waals surface area (Å²) in [7, 11) is 0. The van der Waals surface area contributed by atoms with E-state index in [-0.39, 0.29) is 0 Å². The van der Waals surface area contributed by atoms with Crippen molar-refractivity contribution in [2.75, 3.05) is 0 Å². The van der Waals surface area contributed by atoms with E-state index in [1.807, 2.05) is 19.2 Å². The van der Waals surface area contributed by atoms with Gasteiger partial charge in [0.15, 0.2) is 0 Å². The van der Waals surface area contributed by atoms with Crippen LogP contribution in [0.4, 0.5) is 0 Å². The summed E-state index contributed by atoms with van der Waals surface area (Å²) in [6.45, 7) is 6.34. The van der Waals surface area contributed by atoms with Crippen molar-refractivity contribution >= 4 is 22.1 Å². The van der Waals surface area contributed by atoms with E-state index in [2.05, 4.69) is 54.1 Å². The van der Waals surface area contributed by atoms with Gasteiger partial charge in [0.2, 0.25) is 5.71 Å². The van der Waals surface area contributed by atoms with E-state index >= 15 is 0 Å². The number of pyridine rings is 2. The molecule has 0 unspecified atom stereocenters. The molecule has 3 heterocycles. The molecule has 0 saturated heterocycles. The van der Waals surface area contributed by atoms with Crippen LogP contribution in [0.25, 0.3) is 33.3 Å². The fraction of sp³-hybridized carbons (Fsp3) is 0.238. The molecule has 0 aliphatic rings. The van der Waals surface area contributed by atoms with E-state index in [4.69, 9.17) is 4.42 Å². The van der Waals surface area contributed by atoms with Crippen LogP contribution in [0.5, 0.6) is 0 Å². The zero-order valence-electron chi connectivity index (χ0n) is 14.3. The molecule has 120 valence electrons. The molecule has 0 aliphatic heterocycles. The van der Waals surface area contributed by atoms with E-state index in [1.165, 1.54) is 11.1 Å². The standard InChI is InChI=1S/C21H20N2O/c1-4-14-11-19(22-12-15(14)5-2)18-8-6-7-16-17-10-9-13(3)23-21(17)24-20(16)18/h6-12H,4-5H2,1-3H3. The Morgan fingerprint density at radius 2 is 1.79 bits per heavy atom. The van der Waals surface area contributed by atoms with E-state index < -0.39 is 0 Å². The topological polar surface area (TPSA) is 38.9 Å². The third-order valence-corrected chi connectivity index (χ3v) is 4.62. The number of hydrogen-bond donors (Lipinski definition) is 0. The fourth-order valence-corrected chi connectivity index (χ4v) is 3.29.